The number of carboxylic acids is 1. The molecule has 8 rings (SSSR count). The third kappa shape index (κ3) is 9.66. The number of rotatable bonds is 13. The van der Waals surface area contributed by atoms with Crippen molar-refractivity contribution in [3.63, 3.8) is 0 Å². The lowest BCUT2D eigenvalue weighted by Gasteiger charge is -2.19. The summed E-state index contributed by atoms with van der Waals surface area (Å²) >= 11 is 0. The number of primary amides is 2. The minimum absolute atomic E-state index is 0.00261. The van der Waals surface area contributed by atoms with Crippen LogP contribution >= 0.6 is 0 Å². The molecule has 0 fully saturated rings. The molecule has 2 aromatic heterocycles. The Morgan fingerprint density at radius 3 is 1.36 bits per heavy atom. The minimum atomic E-state index is -1.15. The molecule has 0 aliphatic carbocycles. The molecule has 0 saturated carbocycles. The predicted octanol–water partition coefficient (Wildman–Crippen LogP) is 4.41. The Morgan fingerprint density at radius 1 is 0.621 bits per heavy atom. The Hall–Kier alpha value is -8.54. The second kappa shape index (κ2) is 19.1. The van der Waals surface area contributed by atoms with E-state index in [-0.39, 0.29) is 65.7 Å². The van der Waals surface area contributed by atoms with E-state index in [0.29, 0.717) is 59.1 Å². The van der Waals surface area contributed by atoms with E-state index in [4.69, 9.17) is 27.7 Å². The zero-order valence-electron chi connectivity index (χ0n) is 35.9. The number of benzene rings is 4. The summed E-state index contributed by atoms with van der Waals surface area (Å²) in [5.74, 6) is -5.74. The number of nitrogens with two attached hydrogens (primary N) is 4. The van der Waals surface area contributed by atoms with E-state index in [2.05, 4.69) is 33.1 Å². The van der Waals surface area contributed by atoms with Crippen LogP contribution in [0, 0.1) is 0 Å². The molecule has 0 radical (unpaired) electrons. The van der Waals surface area contributed by atoms with Crippen molar-refractivity contribution in [3.8, 4) is 0 Å². The molecular formula is C48H46N10O8. The van der Waals surface area contributed by atoms with Crippen LogP contribution in [0.3, 0.4) is 0 Å². The number of esters is 1. The zero-order valence-corrected chi connectivity index (χ0v) is 35.9. The first kappa shape index (κ1) is 45.5. The van der Waals surface area contributed by atoms with E-state index in [0.717, 1.165) is 22.3 Å². The van der Waals surface area contributed by atoms with Gasteiger partial charge in [0.15, 0.2) is 0 Å². The predicted molar refractivity (Wildman–Crippen MR) is 244 cm³/mol. The summed E-state index contributed by atoms with van der Waals surface area (Å²) in [4.78, 5) is 94.5. The number of anilines is 2. The van der Waals surface area contributed by atoms with Crippen LogP contribution < -0.4 is 22.9 Å². The van der Waals surface area contributed by atoms with Crippen molar-refractivity contribution in [1.29, 1.82) is 0 Å². The van der Waals surface area contributed by atoms with Gasteiger partial charge in [0.05, 0.1) is 29.5 Å². The molecule has 6 aromatic rings. The monoisotopic (exact) mass is 890 g/mol. The van der Waals surface area contributed by atoms with Gasteiger partial charge in [0.25, 0.3) is 11.8 Å². The number of nitrogens with zero attached hydrogens (tertiary/aromatic N) is 6. The van der Waals surface area contributed by atoms with Gasteiger partial charge in [-0.1, -0.05) is 73.8 Å². The summed E-state index contributed by atoms with van der Waals surface area (Å²) in [7, 11) is 0. The zero-order chi connectivity index (χ0) is 47.4. The number of aromatic nitrogens is 4. The highest BCUT2D eigenvalue weighted by molar-refractivity contribution is 6.06. The Bertz CT molecular complexity index is 2960. The molecule has 2 unspecified atom stereocenters. The lowest BCUT2D eigenvalue weighted by Crippen LogP contribution is -2.27. The van der Waals surface area contributed by atoms with Crippen molar-refractivity contribution < 1.29 is 38.6 Å². The Morgan fingerprint density at radius 2 is 1.00 bits per heavy atom. The summed E-state index contributed by atoms with van der Waals surface area (Å²) in [5, 5.41) is 10.5. The molecule has 0 saturated heterocycles. The second-order valence-electron chi connectivity index (χ2n) is 15.8. The fourth-order valence-corrected chi connectivity index (χ4v) is 7.96. The summed E-state index contributed by atoms with van der Waals surface area (Å²) in [6, 6.07) is 25.4. The van der Waals surface area contributed by atoms with Gasteiger partial charge < -0.3 is 42.6 Å². The van der Waals surface area contributed by atoms with Crippen molar-refractivity contribution in [2.75, 3.05) is 18.1 Å². The van der Waals surface area contributed by atoms with Gasteiger partial charge in [-0.25, -0.2) is 19.9 Å². The number of carbonyl (C=O) groups excluding carboxylic acids is 5. The van der Waals surface area contributed by atoms with Crippen LogP contribution in [0.15, 0.2) is 109 Å². The van der Waals surface area contributed by atoms with Crippen LogP contribution in [-0.4, -0.2) is 77.0 Å². The molecule has 4 heterocycles. The van der Waals surface area contributed by atoms with Gasteiger partial charge in [-0.3, -0.25) is 28.8 Å². The maximum Gasteiger partial charge on any atom is 0.313 e. The normalized spacial score (nSPS) is 13.5. The van der Waals surface area contributed by atoms with E-state index in [1.165, 1.54) is 0 Å². The Labute approximate surface area is 378 Å². The fraction of sp³-hybridized carbons (Fsp3) is 0.208. The fourth-order valence-electron chi connectivity index (χ4n) is 7.96. The van der Waals surface area contributed by atoms with Gasteiger partial charge in [-0.2, -0.15) is 0 Å². The molecule has 9 N–H and O–H groups in total. The maximum absolute atomic E-state index is 13.5. The molecule has 2 aliphatic rings. The van der Waals surface area contributed by atoms with Crippen LogP contribution in [0.5, 0.6) is 0 Å². The van der Waals surface area contributed by atoms with E-state index in [1.54, 1.807) is 53.1 Å². The van der Waals surface area contributed by atoms with Crippen molar-refractivity contribution in [3.05, 3.63) is 154 Å². The molecule has 2 atom stereocenters. The number of hydrogen-bond acceptors (Lipinski definition) is 13. The number of carboxylic acid groups (broad SMARTS) is 1. The van der Waals surface area contributed by atoms with E-state index in [9.17, 15) is 33.9 Å². The first-order chi connectivity index (χ1) is 31.5. The van der Waals surface area contributed by atoms with Crippen LogP contribution in [0.2, 0.25) is 0 Å². The summed E-state index contributed by atoms with van der Waals surface area (Å²) in [5.41, 5.74) is 28.7. The highest BCUT2D eigenvalue weighted by Crippen LogP contribution is 2.33. The largest absolute Gasteiger partial charge is 0.481 e. The van der Waals surface area contributed by atoms with Gasteiger partial charge in [-0.05, 0) is 77.4 Å². The van der Waals surface area contributed by atoms with Crippen molar-refractivity contribution in [2.24, 2.45) is 11.5 Å². The molecule has 18 nitrogen and oxygen atoms in total. The average molecular weight is 891 g/mol. The Balaban J connectivity index is 0.000000197. The molecule has 0 spiro atoms. The van der Waals surface area contributed by atoms with Crippen LogP contribution in [0.25, 0.3) is 21.8 Å². The molecule has 0 bridgehead atoms. The molecule has 18 heteroatoms. The summed E-state index contributed by atoms with van der Waals surface area (Å²) < 4.78 is 5.21. The third-order valence-electron chi connectivity index (χ3n) is 11.4. The first-order valence-electron chi connectivity index (χ1n) is 20.7. The summed E-state index contributed by atoms with van der Waals surface area (Å²) in [6.07, 6.45) is -0.170. The highest BCUT2D eigenvalue weighted by atomic mass is 16.5. The number of aliphatic carboxylic acids is 1. The molecular weight excluding hydrogens is 845 g/mol. The smallest absolute Gasteiger partial charge is 0.313 e. The van der Waals surface area contributed by atoms with Crippen LogP contribution in [0.1, 0.15) is 86.0 Å². The molecule has 336 valence electrons. The van der Waals surface area contributed by atoms with Gasteiger partial charge in [0.2, 0.25) is 23.7 Å². The molecule has 4 aromatic carbocycles. The first-order valence-corrected chi connectivity index (χ1v) is 20.7. The van der Waals surface area contributed by atoms with Crippen LogP contribution in [0.4, 0.5) is 11.9 Å². The van der Waals surface area contributed by atoms with Crippen LogP contribution in [-0.2, 0) is 50.1 Å². The number of nitrogen functional groups attached to an aromatic ring is 2. The number of fused-ring (bicyclic) bond motifs is 4. The maximum atomic E-state index is 13.5. The van der Waals surface area contributed by atoms with E-state index >= 15 is 0 Å². The average Bonchev–Trinajstić information content (AvgIpc) is 3.94. The molecule has 2 aliphatic heterocycles. The highest BCUT2D eigenvalue weighted by Gasteiger charge is 2.31. The van der Waals surface area contributed by atoms with Gasteiger partial charge in [0, 0.05) is 48.1 Å². The topological polar surface area (TPSA) is 294 Å². The minimum Gasteiger partial charge on any atom is -0.481 e. The second-order valence-corrected chi connectivity index (χ2v) is 15.8. The SMILES string of the molecule is C=C(CC(C(=O)O)c1ccc2nc(N)nc(C(=O)N3Cc4ccccc4C3)c2c1)C(N)=O.C=C(CC(C(=O)OCC)c1ccc2nc(N)nc(C(=O)N3Cc4ccccc4C3)c2c1)C(N)=O. The number of hydrogen-bond donors (Lipinski definition) is 5. The lowest BCUT2D eigenvalue weighted by molar-refractivity contribution is -0.145. The van der Waals surface area contributed by atoms with Crippen molar-refractivity contribution >= 4 is 69.3 Å². The quantitative estimate of drug-likeness (QED) is 0.0793. The van der Waals surface area contributed by atoms with E-state index < -0.39 is 35.6 Å². The molecule has 66 heavy (non-hydrogen) atoms. The molecule has 4 amide bonds. The van der Waals surface area contributed by atoms with Gasteiger partial charge in [-0.15, -0.1) is 0 Å². The third-order valence-corrected chi connectivity index (χ3v) is 11.4. The summed E-state index contributed by atoms with van der Waals surface area (Å²) in [6.45, 7) is 10.9. The standard InChI is InChI=1S/C25H25N5O4.C23H21N5O4/c1-3-34-24(33)18(10-14(2)22(26)31)15-8-9-20-19(11-15)21(29-25(27)28-20)23(32)30-12-16-6-4-5-7-17(16)13-30;1-12(20(24)29)8-16(22(31)32)13-6-7-18-17(9-13)19(27-23(25)26-18)21(30)28-10-14-4-2-3-5-15(14)11-28/h4-9,11,18H,2-3,10,12-13H2,1H3,(H2,26,31)(H2,27,28,29);2-7,9,16H,1,8,10-11H2,(H2,24,29)(H,31,32)(H2,25,26,27). The number of amides is 4. The van der Waals surface area contributed by atoms with Crippen molar-refractivity contribution in [1.82, 2.24) is 29.7 Å². The number of carbonyl (C=O) groups is 6. The number of ether oxygens (including phenoxy) is 1. The van der Waals surface area contributed by atoms with Gasteiger partial charge in [0.1, 0.15) is 11.4 Å². The van der Waals surface area contributed by atoms with Gasteiger partial charge >= 0.3 is 11.9 Å². The lowest BCUT2D eigenvalue weighted by atomic mass is 9.91. The van der Waals surface area contributed by atoms with Crippen molar-refractivity contribution in [2.45, 2.75) is 57.8 Å². The Kier molecular flexibility index (Phi) is 13.1. The van der Waals surface area contributed by atoms with E-state index in [1.807, 2.05) is 48.5 Å².